The van der Waals surface area contributed by atoms with Crippen molar-refractivity contribution in [3.8, 4) is 22.9 Å². The van der Waals surface area contributed by atoms with Gasteiger partial charge in [0.2, 0.25) is 0 Å². The normalized spacial score (nSPS) is 12.2. The maximum Gasteiger partial charge on any atom is 0.261 e. The molecule has 0 saturated carbocycles. The number of rotatable bonds is 7. The van der Waals surface area contributed by atoms with E-state index in [0.717, 1.165) is 10.6 Å². The molecule has 11 nitrogen and oxygen atoms in total. The molecule has 0 N–H and O–H groups in total. The summed E-state index contributed by atoms with van der Waals surface area (Å²) in [6.45, 7) is 3.34. The van der Waals surface area contributed by atoms with Crippen molar-refractivity contribution in [3.05, 3.63) is 106 Å². The van der Waals surface area contributed by atoms with Crippen molar-refractivity contribution >= 4 is 27.7 Å². The SMILES string of the molecule is COc1ccc(-n2cc(C)nn2)c(CBr)c1F.COc1ccc(-n2cc(C)nn2)c(CN2C(=O)c3ccccc3C2=O)c1F. The van der Waals surface area contributed by atoms with Crippen LogP contribution in [0.2, 0.25) is 0 Å². The Labute approximate surface area is 259 Å². The molecule has 226 valence electrons. The van der Waals surface area contributed by atoms with Crippen molar-refractivity contribution in [2.75, 3.05) is 14.2 Å². The lowest BCUT2D eigenvalue weighted by Crippen LogP contribution is -2.30. The first-order valence-electron chi connectivity index (χ1n) is 13.2. The van der Waals surface area contributed by atoms with Crippen LogP contribution in [0.1, 0.15) is 43.2 Å². The Bertz CT molecular complexity index is 1840. The predicted octanol–water partition coefficient (Wildman–Crippen LogP) is 5.14. The number of halogens is 3. The van der Waals surface area contributed by atoms with E-state index in [0.29, 0.717) is 39.1 Å². The molecular weight excluding hydrogens is 640 g/mol. The molecule has 14 heteroatoms. The average Bonchev–Trinajstić information content (AvgIpc) is 3.73. The molecule has 5 aromatic rings. The highest BCUT2D eigenvalue weighted by Crippen LogP contribution is 2.31. The highest BCUT2D eigenvalue weighted by atomic mass is 79.9. The van der Waals surface area contributed by atoms with Crippen molar-refractivity contribution < 1.29 is 27.8 Å². The van der Waals surface area contributed by atoms with Gasteiger partial charge in [0.05, 0.1) is 67.0 Å². The summed E-state index contributed by atoms with van der Waals surface area (Å²) in [6.07, 6.45) is 3.38. The Morgan fingerprint density at radius 3 is 1.59 bits per heavy atom. The quantitative estimate of drug-likeness (QED) is 0.173. The summed E-state index contributed by atoms with van der Waals surface area (Å²) in [5, 5.41) is 16.1. The monoisotopic (exact) mass is 665 g/mol. The molecule has 0 aliphatic carbocycles. The zero-order chi connectivity index (χ0) is 31.5. The summed E-state index contributed by atoms with van der Waals surface area (Å²) in [7, 11) is 2.79. The zero-order valence-corrected chi connectivity index (χ0v) is 25.7. The van der Waals surface area contributed by atoms with Gasteiger partial charge in [-0.25, -0.2) is 18.1 Å². The number of alkyl halides is 1. The average molecular weight is 666 g/mol. The van der Waals surface area contributed by atoms with E-state index in [1.165, 1.54) is 25.0 Å². The van der Waals surface area contributed by atoms with E-state index in [1.807, 2.05) is 6.92 Å². The van der Waals surface area contributed by atoms with Gasteiger partial charge in [0.1, 0.15) is 0 Å². The number of aryl methyl sites for hydroxylation is 2. The van der Waals surface area contributed by atoms with Crippen LogP contribution >= 0.6 is 15.9 Å². The fourth-order valence-electron chi connectivity index (χ4n) is 4.67. The lowest BCUT2D eigenvalue weighted by atomic mass is 10.1. The van der Waals surface area contributed by atoms with Crippen molar-refractivity contribution in [2.45, 2.75) is 25.7 Å². The van der Waals surface area contributed by atoms with Crippen LogP contribution in [-0.2, 0) is 11.9 Å². The van der Waals surface area contributed by atoms with E-state index in [1.54, 1.807) is 66.5 Å². The fraction of sp³-hybridized carbons (Fsp3) is 0.200. The van der Waals surface area contributed by atoms with E-state index >= 15 is 4.39 Å². The van der Waals surface area contributed by atoms with Crippen LogP contribution in [0.15, 0.2) is 60.9 Å². The summed E-state index contributed by atoms with van der Waals surface area (Å²) in [5.41, 5.74) is 3.70. The van der Waals surface area contributed by atoms with Crippen LogP contribution in [0.4, 0.5) is 8.78 Å². The number of aromatic nitrogens is 6. The molecule has 0 unspecified atom stereocenters. The molecule has 0 radical (unpaired) electrons. The molecule has 0 atom stereocenters. The minimum absolute atomic E-state index is 0.0159. The van der Waals surface area contributed by atoms with Gasteiger partial charge >= 0.3 is 0 Å². The van der Waals surface area contributed by atoms with Crippen molar-refractivity contribution in [1.82, 2.24) is 34.9 Å². The molecule has 0 spiro atoms. The number of nitrogens with zero attached hydrogens (tertiary/aromatic N) is 7. The fourth-order valence-corrected chi connectivity index (χ4v) is 5.21. The van der Waals surface area contributed by atoms with Gasteiger partial charge in [-0.1, -0.05) is 38.5 Å². The molecule has 0 bridgehead atoms. The number of carbonyl (C=O) groups is 2. The molecule has 3 aromatic carbocycles. The number of imide groups is 1. The first kappa shape index (κ1) is 30.5. The first-order valence-corrected chi connectivity index (χ1v) is 14.3. The highest BCUT2D eigenvalue weighted by Gasteiger charge is 2.36. The zero-order valence-electron chi connectivity index (χ0n) is 24.1. The number of amides is 2. The molecule has 6 rings (SSSR count). The lowest BCUT2D eigenvalue weighted by Gasteiger charge is -2.18. The number of methoxy groups -OCH3 is 2. The first-order chi connectivity index (χ1) is 21.2. The van der Waals surface area contributed by atoms with Crippen LogP contribution < -0.4 is 9.47 Å². The van der Waals surface area contributed by atoms with Gasteiger partial charge in [-0.2, -0.15) is 0 Å². The van der Waals surface area contributed by atoms with Gasteiger partial charge in [-0.05, 0) is 50.2 Å². The summed E-state index contributed by atoms with van der Waals surface area (Å²) in [5.74, 6) is -1.71. The second-order valence-electron chi connectivity index (χ2n) is 9.64. The van der Waals surface area contributed by atoms with Gasteiger partial charge in [0.25, 0.3) is 11.8 Å². The minimum Gasteiger partial charge on any atom is -0.494 e. The number of carbonyl (C=O) groups excluding carboxylic acids is 2. The van der Waals surface area contributed by atoms with Crippen LogP contribution in [-0.4, -0.2) is 60.9 Å². The Morgan fingerprint density at radius 1 is 0.727 bits per heavy atom. The third-order valence-electron chi connectivity index (χ3n) is 6.84. The summed E-state index contributed by atoms with van der Waals surface area (Å²) in [6, 6.07) is 12.9. The lowest BCUT2D eigenvalue weighted by molar-refractivity contribution is 0.0640. The smallest absolute Gasteiger partial charge is 0.261 e. The number of hydrogen-bond donors (Lipinski definition) is 0. The summed E-state index contributed by atoms with van der Waals surface area (Å²) < 4.78 is 42.0. The summed E-state index contributed by atoms with van der Waals surface area (Å²) >= 11 is 3.27. The Balaban J connectivity index is 0.000000195. The van der Waals surface area contributed by atoms with Crippen molar-refractivity contribution in [1.29, 1.82) is 0 Å². The van der Waals surface area contributed by atoms with Crippen LogP contribution in [0.5, 0.6) is 11.5 Å². The molecule has 2 amide bonds. The highest BCUT2D eigenvalue weighted by molar-refractivity contribution is 9.08. The van der Waals surface area contributed by atoms with E-state index in [-0.39, 0.29) is 29.4 Å². The van der Waals surface area contributed by atoms with Crippen molar-refractivity contribution in [3.63, 3.8) is 0 Å². The van der Waals surface area contributed by atoms with Gasteiger partial charge in [0.15, 0.2) is 23.1 Å². The Kier molecular flexibility index (Phi) is 8.81. The molecule has 0 fully saturated rings. The van der Waals surface area contributed by atoms with Crippen LogP contribution in [0, 0.1) is 25.5 Å². The molecule has 1 aliphatic heterocycles. The van der Waals surface area contributed by atoms with Gasteiger partial charge < -0.3 is 9.47 Å². The number of benzene rings is 3. The van der Waals surface area contributed by atoms with E-state index in [4.69, 9.17) is 9.47 Å². The second-order valence-corrected chi connectivity index (χ2v) is 10.2. The van der Waals surface area contributed by atoms with Gasteiger partial charge in [-0.15, -0.1) is 10.2 Å². The Hall–Kier alpha value is -4.98. The number of fused-ring (bicyclic) bond motifs is 1. The topological polar surface area (TPSA) is 117 Å². The maximum atomic E-state index is 15.0. The standard InChI is InChI=1S/C19H15FN4O3.C11H11BrFN3O/c1-11-9-24(22-21-11)15-7-8-16(27-2)17(20)14(15)10-23-18(25)12-5-3-4-6-13(12)19(23)26;1-7-6-16(15-14-7)9-3-4-10(17-2)11(13)8(9)5-12/h3-9H,10H2,1-2H3;3-4,6H,5H2,1-2H3. The largest absolute Gasteiger partial charge is 0.494 e. The molecule has 1 aliphatic rings. The van der Waals surface area contributed by atoms with Crippen LogP contribution in [0.25, 0.3) is 11.4 Å². The Morgan fingerprint density at radius 2 is 1.18 bits per heavy atom. The molecular formula is C30H26BrF2N7O4. The molecule has 3 heterocycles. The maximum absolute atomic E-state index is 15.0. The van der Waals surface area contributed by atoms with E-state index < -0.39 is 17.6 Å². The molecule has 0 saturated heterocycles. The number of hydrogen-bond acceptors (Lipinski definition) is 8. The van der Waals surface area contributed by atoms with Gasteiger partial charge in [-0.3, -0.25) is 14.5 Å². The molecule has 2 aromatic heterocycles. The van der Waals surface area contributed by atoms with E-state index in [9.17, 15) is 14.0 Å². The van der Waals surface area contributed by atoms with Crippen molar-refractivity contribution in [2.24, 2.45) is 0 Å². The molecule has 44 heavy (non-hydrogen) atoms. The minimum atomic E-state index is -0.653. The van der Waals surface area contributed by atoms with E-state index in [2.05, 4.69) is 36.6 Å². The second kappa shape index (κ2) is 12.7. The predicted molar refractivity (Wildman–Crippen MR) is 158 cm³/mol. The third kappa shape index (κ3) is 5.67. The third-order valence-corrected chi connectivity index (χ3v) is 7.40. The summed E-state index contributed by atoms with van der Waals surface area (Å²) in [4.78, 5) is 26.3. The van der Waals surface area contributed by atoms with Gasteiger partial charge in [0, 0.05) is 16.5 Å². The van der Waals surface area contributed by atoms with Crippen LogP contribution in [0.3, 0.4) is 0 Å². The number of ether oxygens (including phenoxy) is 2.